The first-order valence-corrected chi connectivity index (χ1v) is 18.3. The molecule has 0 aliphatic rings. The Morgan fingerprint density at radius 1 is 0.774 bits per heavy atom. The molecular formula is C42H36N4O5S2. The molecule has 0 bridgehead atoms. The number of anilines is 2. The molecule has 0 aliphatic heterocycles. The van der Waals surface area contributed by atoms with E-state index in [9.17, 15) is 14.4 Å². The third-order valence-corrected chi connectivity index (χ3v) is 10.0. The Kier molecular flexibility index (Phi) is 12.0. The van der Waals surface area contributed by atoms with Gasteiger partial charge in [0.25, 0.3) is 11.8 Å². The van der Waals surface area contributed by atoms with Crippen LogP contribution in [0.4, 0.5) is 10.8 Å². The molecule has 0 spiro atoms. The van der Waals surface area contributed by atoms with Crippen LogP contribution in [0, 0.1) is 6.92 Å². The van der Waals surface area contributed by atoms with Crippen molar-refractivity contribution in [2.24, 2.45) is 0 Å². The molecule has 3 N–H and O–H groups in total. The van der Waals surface area contributed by atoms with Crippen LogP contribution < -0.4 is 25.4 Å². The van der Waals surface area contributed by atoms with Gasteiger partial charge in [0, 0.05) is 27.1 Å². The topological polar surface area (TPSA) is 119 Å². The highest BCUT2D eigenvalue weighted by molar-refractivity contribution is 8.00. The van der Waals surface area contributed by atoms with Crippen LogP contribution in [0.3, 0.4) is 0 Å². The van der Waals surface area contributed by atoms with Gasteiger partial charge in [0.1, 0.15) is 10.9 Å². The number of ether oxygens (including phenoxy) is 2. The van der Waals surface area contributed by atoms with Crippen LogP contribution >= 0.6 is 23.1 Å². The highest BCUT2D eigenvalue weighted by Crippen LogP contribution is 2.38. The van der Waals surface area contributed by atoms with E-state index in [1.54, 1.807) is 62.8 Å². The largest absolute Gasteiger partial charge is 0.493 e. The molecule has 1 heterocycles. The predicted molar refractivity (Wildman–Crippen MR) is 212 cm³/mol. The minimum absolute atomic E-state index is 0.0817. The molecule has 9 nitrogen and oxygen atoms in total. The molecule has 0 saturated heterocycles. The van der Waals surface area contributed by atoms with Crippen molar-refractivity contribution in [1.82, 2.24) is 10.3 Å². The molecule has 0 aliphatic carbocycles. The number of thiazole rings is 1. The van der Waals surface area contributed by atoms with Gasteiger partial charge in [-0.15, -0.1) is 23.1 Å². The first-order chi connectivity index (χ1) is 25.8. The number of nitrogens with one attached hydrogen (secondary N) is 3. The highest BCUT2D eigenvalue weighted by Gasteiger charge is 2.24. The molecule has 6 rings (SSSR count). The van der Waals surface area contributed by atoms with Crippen molar-refractivity contribution in [3.8, 4) is 22.8 Å². The van der Waals surface area contributed by atoms with Crippen LogP contribution in [-0.4, -0.2) is 36.9 Å². The van der Waals surface area contributed by atoms with Crippen LogP contribution in [0.5, 0.6) is 11.5 Å². The number of hydrogen-bond acceptors (Lipinski definition) is 8. The zero-order valence-corrected chi connectivity index (χ0v) is 30.8. The zero-order chi connectivity index (χ0) is 37.2. The van der Waals surface area contributed by atoms with Crippen molar-refractivity contribution in [2.75, 3.05) is 24.9 Å². The zero-order valence-electron chi connectivity index (χ0n) is 29.2. The molecule has 5 aromatic carbocycles. The quantitative estimate of drug-likeness (QED) is 0.0799. The number of thioether (sulfide) groups is 1. The molecule has 0 saturated carbocycles. The van der Waals surface area contributed by atoms with E-state index >= 15 is 0 Å². The maximum atomic E-state index is 13.9. The van der Waals surface area contributed by atoms with Crippen molar-refractivity contribution in [3.05, 3.63) is 161 Å². The van der Waals surface area contributed by atoms with Crippen molar-refractivity contribution in [2.45, 2.75) is 17.1 Å². The monoisotopic (exact) mass is 740 g/mol. The second kappa shape index (κ2) is 17.4. The maximum Gasteiger partial charge on any atom is 0.272 e. The molecule has 1 unspecified atom stereocenters. The lowest BCUT2D eigenvalue weighted by Crippen LogP contribution is -2.30. The van der Waals surface area contributed by atoms with Gasteiger partial charge in [-0.3, -0.25) is 14.4 Å². The summed E-state index contributed by atoms with van der Waals surface area (Å²) in [5, 5.41) is 10.4. The minimum Gasteiger partial charge on any atom is -0.493 e. The summed E-state index contributed by atoms with van der Waals surface area (Å²) < 4.78 is 10.8. The number of carbonyl (C=O) groups excluding carboxylic acids is 3. The number of carbonyl (C=O) groups is 3. The van der Waals surface area contributed by atoms with Crippen molar-refractivity contribution >= 4 is 57.7 Å². The molecule has 1 aromatic heterocycles. The molecule has 6 aromatic rings. The summed E-state index contributed by atoms with van der Waals surface area (Å²) in [6.45, 7) is 1.98. The van der Waals surface area contributed by atoms with Crippen LogP contribution in [0.2, 0.25) is 0 Å². The summed E-state index contributed by atoms with van der Waals surface area (Å²) in [6, 6.07) is 38.6. The number of rotatable bonds is 13. The van der Waals surface area contributed by atoms with Crippen molar-refractivity contribution in [3.63, 3.8) is 0 Å². The van der Waals surface area contributed by atoms with Gasteiger partial charge in [-0.05, 0) is 72.7 Å². The van der Waals surface area contributed by atoms with Gasteiger partial charge in [-0.2, -0.15) is 0 Å². The van der Waals surface area contributed by atoms with Gasteiger partial charge >= 0.3 is 0 Å². The lowest BCUT2D eigenvalue weighted by Gasteiger charge is -2.17. The number of nitrogens with zero attached hydrogens (tertiary/aromatic N) is 1. The lowest BCUT2D eigenvalue weighted by molar-refractivity contribution is -0.116. The molecule has 53 heavy (non-hydrogen) atoms. The van der Waals surface area contributed by atoms with E-state index in [0.29, 0.717) is 33.6 Å². The van der Waals surface area contributed by atoms with Crippen LogP contribution in [0.1, 0.15) is 32.3 Å². The van der Waals surface area contributed by atoms with Crippen LogP contribution in [0.25, 0.3) is 17.3 Å². The molecular weight excluding hydrogens is 705 g/mol. The standard InChI is InChI=1S/C42H36N4O5S2/c1-27-17-19-28(20-18-27)23-34(44-39(47)30-13-8-5-9-14-30)40(48)43-32-15-10-16-33(25-32)53-38(29-11-6-4-7-12-29)41(49)46-42-45-35(26-52-42)31-21-22-36(50-2)37(24-31)51-3/h4-26,38H,1-3H3,(H,43,48)(H,44,47)(H,45,46,49)/b34-23-. The van der Waals surface area contributed by atoms with E-state index in [-0.39, 0.29) is 11.6 Å². The second-order valence-corrected chi connectivity index (χ2v) is 13.8. The second-order valence-electron chi connectivity index (χ2n) is 11.8. The maximum absolute atomic E-state index is 13.9. The van der Waals surface area contributed by atoms with Gasteiger partial charge in [0.15, 0.2) is 16.6 Å². The molecule has 11 heteroatoms. The van der Waals surface area contributed by atoms with Crippen molar-refractivity contribution in [1.29, 1.82) is 0 Å². The molecule has 1 atom stereocenters. The first kappa shape index (κ1) is 36.6. The average Bonchev–Trinajstić information content (AvgIpc) is 3.66. The average molecular weight is 741 g/mol. The fraction of sp³-hybridized carbons (Fsp3) is 0.0952. The number of amides is 3. The fourth-order valence-electron chi connectivity index (χ4n) is 5.28. The van der Waals surface area contributed by atoms with E-state index in [2.05, 4.69) is 20.9 Å². The number of aromatic nitrogens is 1. The Morgan fingerprint density at radius 3 is 2.21 bits per heavy atom. The first-order valence-electron chi connectivity index (χ1n) is 16.6. The number of aryl methyl sites for hydroxylation is 1. The van der Waals surface area contributed by atoms with E-state index in [4.69, 9.17) is 9.47 Å². The minimum atomic E-state index is -0.641. The normalized spacial score (nSPS) is 11.6. The number of hydrogen-bond donors (Lipinski definition) is 3. The van der Waals surface area contributed by atoms with Crippen LogP contribution in [-0.2, 0) is 9.59 Å². The molecule has 3 amide bonds. The van der Waals surface area contributed by atoms with Gasteiger partial charge in [0.2, 0.25) is 5.91 Å². The summed E-state index contributed by atoms with van der Waals surface area (Å²) in [6.07, 6.45) is 1.64. The Morgan fingerprint density at radius 2 is 1.49 bits per heavy atom. The summed E-state index contributed by atoms with van der Waals surface area (Å²) in [4.78, 5) is 46.1. The molecule has 266 valence electrons. The summed E-state index contributed by atoms with van der Waals surface area (Å²) in [5.74, 6) is 0.0359. The van der Waals surface area contributed by atoms with E-state index < -0.39 is 17.1 Å². The number of methoxy groups -OCH3 is 2. The Labute approximate surface area is 316 Å². The number of benzene rings is 5. The van der Waals surface area contributed by atoms with Gasteiger partial charge < -0.3 is 25.4 Å². The van der Waals surface area contributed by atoms with Gasteiger partial charge in [0.05, 0.1) is 19.9 Å². The van der Waals surface area contributed by atoms with E-state index in [1.165, 1.54) is 23.1 Å². The molecule has 0 fully saturated rings. The Balaban J connectivity index is 1.20. The molecule has 0 radical (unpaired) electrons. The highest BCUT2D eigenvalue weighted by atomic mass is 32.2. The smallest absolute Gasteiger partial charge is 0.272 e. The third kappa shape index (κ3) is 9.59. The van der Waals surface area contributed by atoms with Crippen molar-refractivity contribution < 1.29 is 23.9 Å². The summed E-state index contributed by atoms with van der Waals surface area (Å²) in [5.41, 5.74) is 5.14. The van der Waals surface area contributed by atoms with E-state index in [0.717, 1.165) is 27.1 Å². The van der Waals surface area contributed by atoms with Gasteiger partial charge in [-0.1, -0.05) is 84.4 Å². The lowest BCUT2D eigenvalue weighted by atomic mass is 10.1. The fourth-order valence-corrected chi connectivity index (χ4v) is 7.09. The Bertz CT molecular complexity index is 2240. The van der Waals surface area contributed by atoms with E-state index in [1.807, 2.05) is 97.2 Å². The predicted octanol–water partition coefficient (Wildman–Crippen LogP) is 9.02. The summed E-state index contributed by atoms with van der Waals surface area (Å²) >= 11 is 2.67. The Hall–Kier alpha value is -6.17. The third-order valence-electron chi connectivity index (χ3n) is 8.02. The van der Waals surface area contributed by atoms with Crippen LogP contribution in [0.15, 0.2) is 143 Å². The SMILES string of the molecule is COc1ccc(-c2csc(NC(=O)C(Sc3cccc(NC(=O)/C(=C/c4ccc(C)cc4)NC(=O)c4ccccc4)c3)c3ccccc3)n2)cc1OC. The van der Waals surface area contributed by atoms with Gasteiger partial charge in [-0.25, -0.2) is 4.98 Å². The summed E-state index contributed by atoms with van der Waals surface area (Å²) in [7, 11) is 3.16.